The number of hydrogen-bond acceptors (Lipinski definition) is 5. The predicted octanol–water partition coefficient (Wildman–Crippen LogP) is 1.93. The number of aromatic amines is 1. The van der Waals surface area contributed by atoms with E-state index in [1.807, 2.05) is 0 Å². The van der Waals surface area contributed by atoms with Crippen molar-refractivity contribution in [3.05, 3.63) is 28.8 Å². The third kappa shape index (κ3) is 2.39. The molecule has 0 aliphatic rings. The van der Waals surface area contributed by atoms with Gasteiger partial charge in [-0.1, -0.05) is 0 Å². The number of nitrogens with two attached hydrogens (primary N) is 1. The highest BCUT2D eigenvalue weighted by molar-refractivity contribution is 7.71. The lowest BCUT2D eigenvalue weighted by molar-refractivity contribution is 0.411. The summed E-state index contributed by atoms with van der Waals surface area (Å²) in [5, 5.41) is 0. The Labute approximate surface area is 101 Å². The monoisotopic (exact) mass is 252 g/mol. The van der Waals surface area contributed by atoms with Crippen LogP contribution >= 0.6 is 12.2 Å². The van der Waals surface area contributed by atoms with Gasteiger partial charge in [-0.05, 0) is 24.4 Å². The van der Waals surface area contributed by atoms with Crippen molar-refractivity contribution in [1.29, 1.82) is 0 Å². The molecule has 0 spiro atoms. The molecule has 0 aliphatic heterocycles. The maximum atomic E-state index is 13.8. The highest BCUT2D eigenvalue weighted by Gasteiger charge is 2.09. The van der Waals surface area contributed by atoms with Crippen molar-refractivity contribution < 1.29 is 9.13 Å². The smallest absolute Gasteiger partial charge is 0.224 e. The summed E-state index contributed by atoms with van der Waals surface area (Å²) in [5.41, 5.74) is 5.74. The molecule has 3 N–H and O–H groups in total. The van der Waals surface area contributed by atoms with Crippen molar-refractivity contribution in [2.24, 2.45) is 0 Å². The van der Waals surface area contributed by atoms with Crippen LogP contribution in [-0.4, -0.2) is 22.1 Å². The number of aromatic nitrogens is 3. The lowest BCUT2D eigenvalue weighted by Crippen LogP contribution is -2.01. The molecule has 5 nitrogen and oxygen atoms in total. The van der Waals surface area contributed by atoms with Crippen LogP contribution < -0.4 is 10.5 Å². The summed E-state index contributed by atoms with van der Waals surface area (Å²) >= 11 is 4.81. The molecule has 2 rings (SSSR count). The molecular formula is C10H9FN4OS. The molecule has 0 aliphatic carbocycles. The molecule has 0 radical (unpaired) electrons. The number of nitrogen functional groups attached to an aromatic ring is 1. The third-order valence-corrected chi connectivity index (χ3v) is 2.28. The van der Waals surface area contributed by atoms with Crippen molar-refractivity contribution in [3.63, 3.8) is 0 Å². The van der Waals surface area contributed by atoms with Crippen molar-refractivity contribution in [2.75, 3.05) is 12.8 Å². The number of hydrogen-bond donors (Lipinski definition) is 2. The lowest BCUT2D eigenvalue weighted by atomic mass is 10.2. The van der Waals surface area contributed by atoms with Crippen molar-refractivity contribution in [1.82, 2.24) is 15.0 Å². The van der Waals surface area contributed by atoms with Gasteiger partial charge in [0.2, 0.25) is 10.7 Å². The highest BCUT2D eigenvalue weighted by Crippen LogP contribution is 2.23. The molecule has 0 atom stereocenters. The summed E-state index contributed by atoms with van der Waals surface area (Å²) in [5.74, 6) is 0.276. The Morgan fingerprint density at radius 1 is 1.41 bits per heavy atom. The Kier molecular flexibility index (Phi) is 3.01. The molecule has 88 valence electrons. The second kappa shape index (κ2) is 4.46. The second-order valence-corrected chi connectivity index (χ2v) is 3.58. The van der Waals surface area contributed by atoms with Crippen LogP contribution in [0.15, 0.2) is 18.2 Å². The van der Waals surface area contributed by atoms with Crippen LogP contribution in [0.25, 0.3) is 11.4 Å². The number of anilines is 1. The van der Waals surface area contributed by atoms with E-state index in [9.17, 15) is 4.39 Å². The molecule has 7 heteroatoms. The molecule has 1 aromatic carbocycles. The summed E-state index contributed by atoms with van der Waals surface area (Å²) in [6.45, 7) is 0. The molecule has 0 unspecified atom stereocenters. The Hall–Kier alpha value is -2.02. The molecule has 0 bridgehead atoms. The van der Waals surface area contributed by atoms with Gasteiger partial charge < -0.3 is 15.5 Å². The topological polar surface area (TPSA) is 76.8 Å². The normalized spacial score (nSPS) is 10.2. The Morgan fingerprint density at radius 2 is 2.18 bits per heavy atom. The fourth-order valence-electron chi connectivity index (χ4n) is 1.34. The minimum absolute atomic E-state index is 0.0615. The number of ether oxygens (including phenoxy) is 1. The second-order valence-electron chi connectivity index (χ2n) is 3.21. The summed E-state index contributed by atoms with van der Waals surface area (Å²) in [6, 6.07) is 4.40. The van der Waals surface area contributed by atoms with Crippen molar-refractivity contribution >= 4 is 18.2 Å². The quantitative estimate of drug-likeness (QED) is 0.799. The average Bonchev–Trinajstić information content (AvgIpc) is 2.27. The minimum atomic E-state index is -0.479. The van der Waals surface area contributed by atoms with E-state index in [-0.39, 0.29) is 22.1 Å². The van der Waals surface area contributed by atoms with Gasteiger partial charge in [0.05, 0.1) is 12.7 Å². The predicted molar refractivity (Wildman–Crippen MR) is 63.6 cm³/mol. The number of rotatable bonds is 2. The molecule has 0 saturated heterocycles. The van der Waals surface area contributed by atoms with Gasteiger partial charge in [0, 0.05) is 6.07 Å². The van der Waals surface area contributed by atoms with Gasteiger partial charge in [-0.2, -0.15) is 4.98 Å². The number of methoxy groups -OCH3 is 1. The molecular weight excluding hydrogens is 243 g/mol. The van der Waals surface area contributed by atoms with Crippen LogP contribution in [0, 0.1) is 10.6 Å². The molecule has 0 saturated carbocycles. The zero-order valence-electron chi connectivity index (χ0n) is 8.90. The number of nitrogens with one attached hydrogen (secondary N) is 1. The third-order valence-electron chi connectivity index (χ3n) is 2.10. The van der Waals surface area contributed by atoms with Crippen molar-refractivity contribution in [3.8, 4) is 17.1 Å². The zero-order chi connectivity index (χ0) is 12.4. The molecule has 0 amide bonds. The van der Waals surface area contributed by atoms with E-state index in [4.69, 9.17) is 22.7 Å². The maximum Gasteiger partial charge on any atom is 0.224 e. The highest BCUT2D eigenvalue weighted by atomic mass is 32.1. The number of nitrogens with zero attached hydrogens (tertiary/aromatic N) is 2. The Balaban J connectivity index is 2.56. The molecule has 1 heterocycles. The van der Waals surface area contributed by atoms with E-state index in [2.05, 4.69) is 15.0 Å². The summed E-state index contributed by atoms with van der Waals surface area (Å²) in [7, 11) is 1.46. The zero-order valence-corrected chi connectivity index (χ0v) is 9.71. The van der Waals surface area contributed by atoms with Gasteiger partial charge in [-0.15, -0.1) is 0 Å². The average molecular weight is 252 g/mol. The molecule has 2 aromatic rings. The standard InChI is InChI=1S/C10H9FN4OS/c1-16-5-2-3-6(7(11)4-5)8-13-9(12)15-10(17)14-8/h2-4H,1H3,(H3,12,13,14,15,17). The van der Waals surface area contributed by atoms with Crippen LogP contribution in [0.2, 0.25) is 0 Å². The molecule has 17 heavy (non-hydrogen) atoms. The number of H-pyrrole nitrogens is 1. The SMILES string of the molecule is COc1ccc(-c2nc(=S)nc(N)[nH]2)c(F)c1. The maximum absolute atomic E-state index is 13.8. The minimum Gasteiger partial charge on any atom is -0.497 e. The van der Waals surface area contributed by atoms with E-state index >= 15 is 0 Å². The van der Waals surface area contributed by atoms with Crippen LogP contribution in [0.3, 0.4) is 0 Å². The van der Waals surface area contributed by atoms with E-state index in [0.29, 0.717) is 5.75 Å². The Morgan fingerprint density at radius 3 is 2.76 bits per heavy atom. The first-order valence-corrected chi connectivity index (χ1v) is 5.08. The van der Waals surface area contributed by atoms with Crippen LogP contribution in [0.5, 0.6) is 5.75 Å². The lowest BCUT2D eigenvalue weighted by Gasteiger charge is -2.05. The van der Waals surface area contributed by atoms with Gasteiger partial charge in [-0.3, -0.25) is 0 Å². The number of benzene rings is 1. The first kappa shape index (κ1) is 11.5. The van der Waals surface area contributed by atoms with E-state index < -0.39 is 5.82 Å². The first-order valence-electron chi connectivity index (χ1n) is 4.68. The number of halogens is 1. The van der Waals surface area contributed by atoms with E-state index in [1.165, 1.54) is 19.2 Å². The Bertz CT molecular complexity index is 613. The van der Waals surface area contributed by atoms with Gasteiger partial charge in [0.1, 0.15) is 17.4 Å². The molecule has 0 fully saturated rings. The first-order chi connectivity index (χ1) is 8.10. The fraction of sp³-hybridized carbons (Fsp3) is 0.100. The van der Waals surface area contributed by atoms with Crippen LogP contribution in [-0.2, 0) is 0 Å². The van der Waals surface area contributed by atoms with Gasteiger partial charge in [0.25, 0.3) is 0 Å². The van der Waals surface area contributed by atoms with Crippen LogP contribution in [0.4, 0.5) is 10.3 Å². The van der Waals surface area contributed by atoms with Crippen LogP contribution in [0.1, 0.15) is 0 Å². The van der Waals surface area contributed by atoms with Gasteiger partial charge >= 0.3 is 0 Å². The molecule has 1 aromatic heterocycles. The van der Waals surface area contributed by atoms with Crippen molar-refractivity contribution in [2.45, 2.75) is 0 Å². The van der Waals surface area contributed by atoms with Gasteiger partial charge in [0.15, 0.2) is 0 Å². The largest absolute Gasteiger partial charge is 0.497 e. The fourth-order valence-corrected chi connectivity index (χ4v) is 1.53. The summed E-state index contributed by atoms with van der Waals surface area (Å²) in [4.78, 5) is 10.3. The summed E-state index contributed by atoms with van der Waals surface area (Å²) < 4.78 is 18.7. The van der Waals surface area contributed by atoms with E-state index in [0.717, 1.165) is 0 Å². The summed E-state index contributed by atoms with van der Waals surface area (Å²) in [6.07, 6.45) is 0. The van der Waals surface area contributed by atoms with Gasteiger partial charge in [-0.25, -0.2) is 9.37 Å². The van der Waals surface area contributed by atoms with E-state index in [1.54, 1.807) is 6.07 Å².